The number of morpholine rings is 1. The molecule has 1 aliphatic heterocycles. The minimum absolute atomic E-state index is 0. The molecule has 0 bridgehead atoms. The normalized spacial score (nSPS) is 14.0. The Morgan fingerprint density at radius 1 is 1.03 bits per heavy atom. The summed E-state index contributed by atoms with van der Waals surface area (Å²) in [5, 5.41) is 15.0. The van der Waals surface area contributed by atoms with Crippen molar-refractivity contribution in [1.29, 1.82) is 0 Å². The Morgan fingerprint density at radius 3 is 2.42 bits per heavy atom. The maximum absolute atomic E-state index is 13.6. The van der Waals surface area contributed by atoms with E-state index in [4.69, 9.17) is 9.15 Å². The summed E-state index contributed by atoms with van der Waals surface area (Å²) in [4.78, 5) is 14.9. The molecule has 2 heterocycles. The van der Waals surface area contributed by atoms with Gasteiger partial charge in [-0.2, -0.15) is 0 Å². The number of halogens is 4. The highest BCUT2D eigenvalue weighted by molar-refractivity contribution is 5.86. The van der Waals surface area contributed by atoms with Crippen molar-refractivity contribution in [3.63, 3.8) is 0 Å². The van der Waals surface area contributed by atoms with Gasteiger partial charge in [0.25, 0.3) is 0 Å². The van der Waals surface area contributed by atoms with Crippen LogP contribution in [0.15, 0.2) is 45.6 Å². The monoisotopic (exact) mass is 502 g/mol. The van der Waals surface area contributed by atoms with Crippen molar-refractivity contribution < 1.29 is 28.4 Å². The summed E-state index contributed by atoms with van der Waals surface area (Å²) >= 11 is 0. The first-order chi connectivity index (χ1) is 15.0. The van der Waals surface area contributed by atoms with Gasteiger partial charge in [-0.25, -0.2) is 13.6 Å². The molecule has 1 aliphatic rings. The van der Waals surface area contributed by atoms with E-state index >= 15 is 0 Å². The Labute approximate surface area is 202 Å². The third-order valence-corrected chi connectivity index (χ3v) is 5.47. The van der Waals surface area contributed by atoms with Gasteiger partial charge in [-0.15, -0.1) is 24.8 Å². The molecule has 33 heavy (non-hydrogen) atoms. The lowest BCUT2D eigenvalue weighted by Crippen LogP contribution is -2.82. The van der Waals surface area contributed by atoms with E-state index in [9.17, 15) is 18.7 Å². The first kappa shape index (κ1) is 27.0. The number of ether oxygens (including phenoxy) is 1. The summed E-state index contributed by atoms with van der Waals surface area (Å²) in [6.07, 6.45) is 0.970. The average molecular weight is 503 g/mol. The molecule has 3 aromatic rings. The van der Waals surface area contributed by atoms with E-state index in [1.165, 1.54) is 12.1 Å². The topological polar surface area (TPSA) is 82.4 Å². The molecular weight excluding hydrogens is 477 g/mol. The van der Waals surface area contributed by atoms with E-state index in [0.717, 1.165) is 64.0 Å². The SMILES string of the molecule is Cl.Cl.O=c1oc2c(C[NH2+]CCCN3CCOCC3)c([O-])ccc2cc1-c1cc(F)cc(F)c1. The highest BCUT2D eigenvalue weighted by atomic mass is 35.5. The van der Waals surface area contributed by atoms with E-state index in [-0.39, 0.29) is 47.3 Å². The fourth-order valence-electron chi connectivity index (χ4n) is 3.86. The van der Waals surface area contributed by atoms with Crippen LogP contribution >= 0.6 is 24.8 Å². The molecule has 1 fully saturated rings. The summed E-state index contributed by atoms with van der Waals surface area (Å²) in [6.45, 7) is 5.61. The van der Waals surface area contributed by atoms with Crippen LogP contribution in [0.3, 0.4) is 0 Å². The molecule has 0 amide bonds. The van der Waals surface area contributed by atoms with Crippen molar-refractivity contribution >= 4 is 35.8 Å². The summed E-state index contributed by atoms with van der Waals surface area (Å²) in [5.74, 6) is -1.77. The number of rotatable bonds is 7. The smallest absolute Gasteiger partial charge is 0.344 e. The average Bonchev–Trinajstić information content (AvgIpc) is 2.74. The molecule has 0 saturated carbocycles. The second-order valence-corrected chi connectivity index (χ2v) is 7.66. The zero-order valence-corrected chi connectivity index (χ0v) is 19.5. The van der Waals surface area contributed by atoms with Crippen molar-refractivity contribution in [1.82, 2.24) is 4.90 Å². The van der Waals surface area contributed by atoms with Crippen LogP contribution in [0.25, 0.3) is 22.1 Å². The summed E-state index contributed by atoms with van der Waals surface area (Å²) in [6, 6.07) is 7.38. The molecule has 180 valence electrons. The number of hydrogen-bond acceptors (Lipinski definition) is 5. The Bertz CT molecular complexity index is 1120. The van der Waals surface area contributed by atoms with Crippen LogP contribution in [0, 0.1) is 11.6 Å². The number of hydrogen-bond donors (Lipinski definition) is 1. The summed E-state index contributed by atoms with van der Waals surface area (Å²) < 4.78 is 37.9. The third kappa shape index (κ3) is 6.65. The molecule has 0 unspecified atom stereocenters. The first-order valence-electron chi connectivity index (χ1n) is 10.4. The van der Waals surface area contributed by atoms with Gasteiger partial charge in [-0.1, -0.05) is 17.9 Å². The molecule has 1 saturated heterocycles. The lowest BCUT2D eigenvalue weighted by molar-refractivity contribution is -0.671. The van der Waals surface area contributed by atoms with Crippen LogP contribution in [-0.2, 0) is 11.3 Å². The molecule has 0 atom stereocenters. The molecule has 1 aromatic heterocycles. The van der Waals surface area contributed by atoms with Gasteiger partial charge in [0.2, 0.25) is 0 Å². The lowest BCUT2D eigenvalue weighted by Gasteiger charge is -2.26. The maximum Gasteiger partial charge on any atom is 0.344 e. The van der Waals surface area contributed by atoms with Gasteiger partial charge in [0.15, 0.2) is 0 Å². The van der Waals surface area contributed by atoms with Gasteiger partial charge in [0.05, 0.1) is 25.3 Å². The largest absolute Gasteiger partial charge is 0.872 e. The highest BCUT2D eigenvalue weighted by Gasteiger charge is 2.14. The zero-order valence-electron chi connectivity index (χ0n) is 17.9. The number of fused-ring (bicyclic) bond motifs is 1. The summed E-state index contributed by atoms with van der Waals surface area (Å²) in [5.41, 5.74) is 0.0396. The molecule has 0 spiro atoms. The highest BCUT2D eigenvalue weighted by Crippen LogP contribution is 2.27. The molecule has 10 heteroatoms. The predicted molar refractivity (Wildman–Crippen MR) is 124 cm³/mol. The lowest BCUT2D eigenvalue weighted by atomic mass is 10.0. The Kier molecular flexibility index (Phi) is 10.1. The molecule has 0 radical (unpaired) electrons. The van der Waals surface area contributed by atoms with Crippen molar-refractivity contribution in [2.75, 3.05) is 39.4 Å². The van der Waals surface area contributed by atoms with Gasteiger partial charge in [0, 0.05) is 43.1 Å². The Balaban J connectivity index is 0.00000193. The molecule has 4 rings (SSSR count). The van der Waals surface area contributed by atoms with Crippen LogP contribution in [0.1, 0.15) is 12.0 Å². The maximum atomic E-state index is 13.6. The van der Waals surface area contributed by atoms with E-state index in [2.05, 4.69) is 4.90 Å². The van der Waals surface area contributed by atoms with E-state index in [1.54, 1.807) is 6.07 Å². The van der Waals surface area contributed by atoms with E-state index < -0.39 is 17.3 Å². The number of benzene rings is 2. The fraction of sp³-hybridized carbons (Fsp3) is 0.348. The first-order valence-corrected chi connectivity index (χ1v) is 10.4. The van der Waals surface area contributed by atoms with Crippen LogP contribution < -0.4 is 16.0 Å². The Hall–Kier alpha value is -2.23. The quantitative estimate of drug-likeness (QED) is 0.396. The van der Waals surface area contributed by atoms with Gasteiger partial charge in [-0.3, -0.25) is 4.90 Å². The molecule has 0 aliphatic carbocycles. The molecular formula is C23H26Cl2F2N2O4. The molecule has 2 aromatic carbocycles. The van der Waals surface area contributed by atoms with Crippen molar-refractivity contribution in [3.05, 3.63) is 64.0 Å². The second kappa shape index (κ2) is 12.3. The van der Waals surface area contributed by atoms with Gasteiger partial charge in [0.1, 0.15) is 23.8 Å². The minimum atomic E-state index is -0.781. The van der Waals surface area contributed by atoms with Crippen LogP contribution in [0.5, 0.6) is 5.75 Å². The van der Waals surface area contributed by atoms with Gasteiger partial charge < -0.3 is 19.6 Å². The van der Waals surface area contributed by atoms with Crippen molar-refractivity contribution in [3.8, 4) is 16.9 Å². The Morgan fingerprint density at radius 2 is 1.73 bits per heavy atom. The fourth-order valence-corrected chi connectivity index (χ4v) is 3.86. The van der Waals surface area contributed by atoms with E-state index in [1.807, 2.05) is 5.32 Å². The van der Waals surface area contributed by atoms with Gasteiger partial charge >= 0.3 is 5.63 Å². The van der Waals surface area contributed by atoms with Crippen LogP contribution in [0.4, 0.5) is 8.78 Å². The van der Waals surface area contributed by atoms with Crippen molar-refractivity contribution in [2.24, 2.45) is 0 Å². The number of quaternary nitrogens is 1. The number of nitrogens with two attached hydrogens (primary N) is 1. The predicted octanol–water partition coefficient (Wildman–Crippen LogP) is 2.44. The van der Waals surface area contributed by atoms with Crippen molar-refractivity contribution in [2.45, 2.75) is 13.0 Å². The number of nitrogens with zero attached hydrogens (tertiary/aromatic N) is 1. The second-order valence-electron chi connectivity index (χ2n) is 7.66. The molecule has 6 nitrogen and oxygen atoms in total. The zero-order chi connectivity index (χ0) is 21.8. The third-order valence-electron chi connectivity index (χ3n) is 5.47. The standard InChI is InChI=1S/C23H24F2N2O4.2ClH/c24-17-10-16(11-18(25)13-17)19-12-15-2-3-21(28)20(22(15)31-23(19)29)14-26-4-1-5-27-6-8-30-9-7-27;;/h2-3,10-13,26,28H,1,4-9,14H2;2*1H. The van der Waals surface area contributed by atoms with Crippen LogP contribution in [0.2, 0.25) is 0 Å². The minimum Gasteiger partial charge on any atom is -0.872 e. The summed E-state index contributed by atoms with van der Waals surface area (Å²) in [7, 11) is 0. The van der Waals surface area contributed by atoms with Gasteiger partial charge in [-0.05, 0) is 23.8 Å². The van der Waals surface area contributed by atoms with Crippen LogP contribution in [-0.4, -0.2) is 44.3 Å². The molecule has 2 N–H and O–H groups in total. The van der Waals surface area contributed by atoms with E-state index in [0.29, 0.717) is 17.5 Å².